The fraction of sp³-hybridized carbons (Fsp3) is 0.542. The number of aryl methyl sites for hydroxylation is 2. The average Bonchev–Trinajstić information content (AvgIpc) is 3.21. The van der Waals surface area contributed by atoms with Gasteiger partial charge in [-0.3, -0.25) is 0 Å². The lowest BCUT2D eigenvalue weighted by Crippen LogP contribution is -2.37. The fourth-order valence-corrected chi connectivity index (χ4v) is 8.69. The van der Waals surface area contributed by atoms with Gasteiger partial charge in [0.25, 0.3) is 0 Å². The molecule has 0 saturated carbocycles. The summed E-state index contributed by atoms with van der Waals surface area (Å²) >= 11 is 0. The van der Waals surface area contributed by atoms with E-state index in [4.69, 9.17) is 14.7 Å². The van der Waals surface area contributed by atoms with Crippen molar-refractivity contribution in [2.45, 2.75) is 57.3 Å². The number of aromatic nitrogens is 2. The van der Waals surface area contributed by atoms with Crippen molar-refractivity contribution in [2.24, 2.45) is 5.10 Å². The number of hydrogen-bond acceptors (Lipinski definition) is 6. The smallest absolute Gasteiger partial charge is 0.245 e. The normalized spacial score (nSPS) is 18.6. The van der Waals surface area contributed by atoms with Gasteiger partial charge in [0.1, 0.15) is 5.82 Å². The molecule has 2 aliphatic heterocycles. The lowest BCUT2D eigenvalue weighted by molar-refractivity contribution is 0.122. The molecular formula is C24H35N5OSi. The van der Waals surface area contributed by atoms with Gasteiger partial charge >= 0.3 is 0 Å². The number of rotatable bonds is 8. The first-order valence-corrected chi connectivity index (χ1v) is 14.8. The van der Waals surface area contributed by atoms with Crippen molar-refractivity contribution in [3.05, 3.63) is 47.2 Å². The molecular weight excluding hydrogens is 402 g/mol. The summed E-state index contributed by atoms with van der Waals surface area (Å²) in [4.78, 5) is 11.8. The second-order valence-corrected chi connectivity index (χ2v) is 14.4. The molecule has 7 heteroatoms. The Bertz CT molecular complexity index is 891. The standard InChI is InChI=1S/C24H35N5OSi/c1-20-7-5-8-21(17-20)19-25-28-24-26-22(9-6-16-31(2)14-3-4-15-31)18-23(27-24)29-10-12-30-13-11-29/h5,7-8,17-19H,3-4,6,9-16H2,1-2H3,(H,26,27,28). The molecule has 1 aromatic carbocycles. The molecule has 0 aliphatic carbocycles. The second-order valence-electron chi connectivity index (χ2n) is 9.30. The van der Waals surface area contributed by atoms with Gasteiger partial charge in [-0.05, 0) is 18.9 Å². The Morgan fingerprint density at radius 1 is 1.16 bits per heavy atom. The van der Waals surface area contributed by atoms with E-state index >= 15 is 0 Å². The molecule has 1 N–H and O–H groups in total. The largest absolute Gasteiger partial charge is 0.378 e. The van der Waals surface area contributed by atoms with Crippen LogP contribution in [-0.4, -0.2) is 50.6 Å². The zero-order valence-electron chi connectivity index (χ0n) is 18.9. The highest BCUT2D eigenvalue weighted by Gasteiger charge is 2.30. The second kappa shape index (κ2) is 10.4. The predicted octanol–water partition coefficient (Wildman–Crippen LogP) is 4.87. The molecule has 0 radical (unpaired) electrons. The van der Waals surface area contributed by atoms with Crippen molar-refractivity contribution in [1.82, 2.24) is 9.97 Å². The molecule has 0 amide bonds. The highest BCUT2D eigenvalue weighted by atomic mass is 28.3. The van der Waals surface area contributed by atoms with E-state index in [1.165, 1.54) is 43.0 Å². The number of hydrogen-bond donors (Lipinski definition) is 1. The SMILES string of the molecule is Cc1cccc(C=NNc2nc(CCC[Si]3(C)CCCC3)cc(N3CCOCC3)n2)c1. The van der Waals surface area contributed by atoms with Crippen molar-refractivity contribution in [1.29, 1.82) is 0 Å². The third-order valence-corrected chi connectivity index (χ3v) is 11.2. The van der Waals surface area contributed by atoms with Gasteiger partial charge in [-0.15, -0.1) is 0 Å². The van der Waals surface area contributed by atoms with Crippen molar-refractivity contribution < 1.29 is 4.74 Å². The molecule has 3 heterocycles. The number of anilines is 2. The molecule has 0 atom stereocenters. The minimum Gasteiger partial charge on any atom is -0.378 e. The molecule has 2 aromatic rings. The van der Waals surface area contributed by atoms with E-state index in [2.05, 4.69) is 47.1 Å². The van der Waals surface area contributed by atoms with E-state index in [1.807, 2.05) is 18.3 Å². The summed E-state index contributed by atoms with van der Waals surface area (Å²) in [7, 11) is -0.972. The number of ether oxygens (including phenoxy) is 1. The Labute approximate surface area is 187 Å². The van der Waals surface area contributed by atoms with Crippen LogP contribution < -0.4 is 10.3 Å². The zero-order valence-corrected chi connectivity index (χ0v) is 19.9. The summed E-state index contributed by atoms with van der Waals surface area (Å²) in [5, 5.41) is 4.40. The quantitative estimate of drug-likeness (QED) is 0.362. The van der Waals surface area contributed by atoms with Gasteiger partial charge in [-0.2, -0.15) is 10.1 Å². The molecule has 0 unspecified atom stereocenters. The van der Waals surface area contributed by atoms with Crippen LogP contribution in [0.2, 0.25) is 24.7 Å². The summed E-state index contributed by atoms with van der Waals surface area (Å²) in [6.45, 7) is 7.91. The van der Waals surface area contributed by atoms with Crippen LogP contribution in [-0.2, 0) is 11.2 Å². The van der Waals surface area contributed by atoms with E-state index in [0.29, 0.717) is 5.95 Å². The molecule has 4 rings (SSSR count). The van der Waals surface area contributed by atoms with Crippen LogP contribution in [0.1, 0.15) is 36.1 Å². The monoisotopic (exact) mass is 437 g/mol. The summed E-state index contributed by atoms with van der Waals surface area (Å²) < 4.78 is 5.52. The molecule has 2 saturated heterocycles. The molecule has 166 valence electrons. The van der Waals surface area contributed by atoms with Crippen molar-refractivity contribution in [2.75, 3.05) is 36.6 Å². The van der Waals surface area contributed by atoms with Crippen LogP contribution in [0, 0.1) is 6.92 Å². The number of benzene rings is 1. The van der Waals surface area contributed by atoms with Crippen molar-refractivity contribution in [3.63, 3.8) is 0 Å². The Morgan fingerprint density at radius 2 is 1.97 bits per heavy atom. The van der Waals surface area contributed by atoms with Gasteiger partial charge in [0.2, 0.25) is 5.95 Å². The Kier molecular flexibility index (Phi) is 7.35. The lowest BCUT2D eigenvalue weighted by Gasteiger charge is -2.28. The number of morpholine rings is 1. The van der Waals surface area contributed by atoms with Gasteiger partial charge < -0.3 is 9.64 Å². The van der Waals surface area contributed by atoms with Gasteiger partial charge in [0, 0.05) is 24.8 Å². The maximum Gasteiger partial charge on any atom is 0.245 e. The number of nitrogens with zero attached hydrogens (tertiary/aromatic N) is 4. The molecule has 0 spiro atoms. The summed E-state index contributed by atoms with van der Waals surface area (Å²) in [6.07, 6.45) is 6.96. The zero-order chi connectivity index (χ0) is 21.5. The van der Waals surface area contributed by atoms with E-state index in [-0.39, 0.29) is 0 Å². The van der Waals surface area contributed by atoms with Crippen LogP contribution in [0.4, 0.5) is 11.8 Å². The summed E-state index contributed by atoms with van der Waals surface area (Å²) in [5.41, 5.74) is 6.46. The van der Waals surface area contributed by atoms with E-state index in [1.54, 1.807) is 0 Å². The summed E-state index contributed by atoms with van der Waals surface area (Å²) in [6, 6.07) is 14.9. The van der Waals surface area contributed by atoms with Crippen molar-refractivity contribution >= 4 is 26.1 Å². The molecule has 2 fully saturated rings. The van der Waals surface area contributed by atoms with Gasteiger partial charge in [-0.1, -0.05) is 73.8 Å². The van der Waals surface area contributed by atoms with E-state index in [0.717, 1.165) is 49.8 Å². The highest BCUT2D eigenvalue weighted by Crippen LogP contribution is 2.34. The third-order valence-electron chi connectivity index (χ3n) is 6.54. The predicted molar refractivity (Wildman–Crippen MR) is 131 cm³/mol. The van der Waals surface area contributed by atoms with Crippen LogP contribution in [0.15, 0.2) is 35.4 Å². The van der Waals surface area contributed by atoms with Gasteiger partial charge in [0.15, 0.2) is 0 Å². The maximum absolute atomic E-state index is 5.52. The minimum atomic E-state index is -0.972. The topological polar surface area (TPSA) is 62.6 Å². The van der Waals surface area contributed by atoms with Gasteiger partial charge in [0.05, 0.1) is 27.5 Å². The van der Waals surface area contributed by atoms with Gasteiger partial charge in [-0.25, -0.2) is 10.4 Å². The fourth-order valence-electron chi connectivity index (χ4n) is 4.71. The Hall–Kier alpha value is -2.25. The molecule has 2 aliphatic rings. The third kappa shape index (κ3) is 6.37. The van der Waals surface area contributed by atoms with Crippen LogP contribution >= 0.6 is 0 Å². The first-order valence-electron chi connectivity index (χ1n) is 11.7. The molecule has 0 bridgehead atoms. The molecule has 6 nitrogen and oxygen atoms in total. The highest BCUT2D eigenvalue weighted by molar-refractivity contribution is 6.79. The van der Waals surface area contributed by atoms with Crippen molar-refractivity contribution in [3.8, 4) is 0 Å². The van der Waals surface area contributed by atoms with Crippen LogP contribution in [0.25, 0.3) is 0 Å². The molecule has 1 aromatic heterocycles. The number of nitrogens with one attached hydrogen (secondary N) is 1. The first kappa shape index (κ1) is 22.0. The number of hydrazone groups is 1. The summed E-state index contributed by atoms with van der Waals surface area (Å²) in [5.74, 6) is 1.55. The maximum atomic E-state index is 5.52. The first-order chi connectivity index (χ1) is 15.1. The minimum absolute atomic E-state index is 0.576. The average molecular weight is 438 g/mol. The Morgan fingerprint density at radius 3 is 2.74 bits per heavy atom. The molecule has 31 heavy (non-hydrogen) atoms. The van der Waals surface area contributed by atoms with E-state index < -0.39 is 8.07 Å². The van der Waals surface area contributed by atoms with Crippen LogP contribution in [0.3, 0.4) is 0 Å². The van der Waals surface area contributed by atoms with E-state index in [9.17, 15) is 0 Å². The Balaban J connectivity index is 1.45. The lowest BCUT2D eigenvalue weighted by atomic mass is 10.2. The van der Waals surface area contributed by atoms with Crippen LogP contribution in [0.5, 0.6) is 0 Å².